The first-order valence-corrected chi connectivity index (χ1v) is 12.5. The number of hydrogen-bond donors (Lipinski definition) is 5. The van der Waals surface area contributed by atoms with Crippen LogP contribution in [0.4, 0.5) is 13.2 Å². The lowest BCUT2D eigenvalue weighted by atomic mass is 9.34. The third kappa shape index (κ3) is 8.25. The second kappa shape index (κ2) is 12.2. The predicted molar refractivity (Wildman–Crippen MR) is 159 cm³/mol. The molecule has 20 heteroatoms. The highest BCUT2D eigenvalue weighted by atomic mass is 19.4. The fourth-order valence-electron chi connectivity index (χ4n) is 3.87. The number of rotatable bonds is 10. The molecule has 4 rings (SSSR count). The Bertz CT molecular complexity index is 1740. The minimum atomic E-state index is -4.97. The van der Waals surface area contributed by atoms with Crippen molar-refractivity contribution in [2.75, 3.05) is 0 Å². The van der Waals surface area contributed by atoms with Crippen molar-refractivity contribution in [1.82, 2.24) is 25.8 Å². The maximum Gasteiger partial charge on any atom is 0.573 e. The van der Waals surface area contributed by atoms with Gasteiger partial charge in [0.2, 0.25) is 5.88 Å². The van der Waals surface area contributed by atoms with E-state index in [0.29, 0.717) is 16.6 Å². The zero-order valence-corrected chi connectivity index (χ0v) is 22.9. The van der Waals surface area contributed by atoms with Crippen LogP contribution >= 0.6 is 0 Å². The second-order valence-corrected chi connectivity index (χ2v) is 9.75. The van der Waals surface area contributed by atoms with E-state index in [1.807, 2.05) is 5.32 Å². The number of benzene rings is 2. The first kappa shape index (κ1) is 33.6. The SMILES string of the molecule is [B]C([B])(O)Oc1ncc(-c2ccc3c(C(=O)NC([B])(O)C([B])([B])[B])n[nH]c3c2)cc1C(=O)NCc1ccccc1OC(F)(F)F. The van der Waals surface area contributed by atoms with Gasteiger partial charge in [-0.2, -0.15) is 5.10 Å². The van der Waals surface area contributed by atoms with Crippen LogP contribution in [0.2, 0.25) is 5.11 Å². The number of fused-ring (bicyclic) bond motifs is 1. The quantitative estimate of drug-likeness (QED) is 0.124. The summed E-state index contributed by atoms with van der Waals surface area (Å²) in [5.41, 5.74) is -4.93. The van der Waals surface area contributed by atoms with Gasteiger partial charge in [-0.1, -0.05) is 29.4 Å². The van der Waals surface area contributed by atoms with Crippen LogP contribution in [0.25, 0.3) is 22.0 Å². The largest absolute Gasteiger partial charge is 0.573 e. The summed E-state index contributed by atoms with van der Waals surface area (Å²) in [6.07, 6.45) is -3.72. The smallest absolute Gasteiger partial charge is 0.465 e. The molecule has 1 unspecified atom stereocenters. The molecule has 2 amide bonds. The molecule has 0 saturated carbocycles. The normalized spacial score (nSPS) is 13.5. The van der Waals surface area contributed by atoms with Crippen LogP contribution in [0.15, 0.2) is 54.7 Å². The number of nitrogens with one attached hydrogen (secondary N) is 3. The van der Waals surface area contributed by atoms with Crippen molar-refractivity contribution >= 4 is 69.8 Å². The van der Waals surface area contributed by atoms with E-state index in [0.717, 1.165) is 6.07 Å². The number of H-pyrrole nitrogens is 1. The molecule has 12 radical (unpaired) electrons. The molecule has 0 aliphatic carbocycles. The highest BCUT2D eigenvalue weighted by molar-refractivity contribution is 6.62. The molecule has 2 aromatic heterocycles. The number of halogens is 3. The molecule has 0 fully saturated rings. The van der Waals surface area contributed by atoms with Gasteiger partial charge in [0, 0.05) is 29.3 Å². The Balaban J connectivity index is 1.63. The number of aromatic nitrogens is 3. The molecule has 0 saturated heterocycles. The molecule has 11 nitrogen and oxygen atoms in total. The monoisotopic (exact) mass is 605 g/mol. The van der Waals surface area contributed by atoms with Crippen molar-refractivity contribution in [2.45, 2.75) is 29.2 Å². The number of carbonyl (C=O) groups is 2. The van der Waals surface area contributed by atoms with Crippen molar-refractivity contribution in [3.63, 3.8) is 0 Å². The van der Waals surface area contributed by atoms with E-state index in [2.05, 4.69) is 25.2 Å². The molecule has 5 N–H and O–H groups in total. The zero-order valence-electron chi connectivity index (χ0n) is 22.9. The van der Waals surface area contributed by atoms with E-state index in [1.54, 1.807) is 0 Å². The first-order chi connectivity index (χ1) is 20.7. The van der Waals surface area contributed by atoms with Gasteiger partial charge in [-0.25, -0.2) is 4.98 Å². The molecule has 216 valence electrons. The van der Waals surface area contributed by atoms with E-state index >= 15 is 0 Å². The summed E-state index contributed by atoms with van der Waals surface area (Å²) in [6.45, 7) is -0.410. The number of pyridine rings is 1. The number of alkyl halides is 3. The topological polar surface area (TPSA) is 159 Å². The molecule has 2 aromatic carbocycles. The van der Waals surface area contributed by atoms with Crippen LogP contribution in [0, 0.1) is 0 Å². The number of nitrogens with zero attached hydrogens (tertiary/aromatic N) is 2. The Kier molecular flexibility index (Phi) is 9.14. The average molecular weight is 604 g/mol. The van der Waals surface area contributed by atoms with E-state index in [4.69, 9.17) is 51.8 Å². The summed E-state index contributed by atoms with van der Waals surface area (Å²) in [4.78, 5) is 29.9. The number of amides is 2. The molecule has 0 aliphatic heterocycles. The second-order valence-electron chi connectivity index (χ2n) is 9.75. The number of aromatic amines is 1. The first-order valence-electron chi connectivity index (χ1n) is 12.5. The zero-order chi connectivity index (χ0) is 33.4. The highest BCUT2D eigenvalue weighted by Crippen LogP contribution is 2.30. The van der Waals surface area contributed by atoms with Crippen molar-refractivity contribution < 1.29 is 42.4 Å². The number of ether oxygens (including phenoxy) is 2. The van der Waals surface area contributed by atoms with Crippen LogP contribution < -0.4 is 20.1 Å². The molecular formula is C25H16B6F3N5O6. The maximum absolute atomic E-state index is 13.2. The van der Waals surface area contributed by atoms with Gasteiger partial charge in [0.25, 0.3) is 11.8 Å². The van der Waals surface area contributed by atoms with Crippen LogP contribution in [0.3, 0.4) is 0 Å². The van der Waals surface area contributed by atoms with Crippen LogP contribution in [-0.4, -0.2) is 102 Å². The lowest BCUT2D eigenvalue weighted by Gasteiger charge is -2.39. The minimum absolute atomic E-state index is 0.00315. The molecule has 2 heterocycles. The van der Waals surface area contributed by atoms with E-state index in [-0.39, 0.29) is 22.2 Å². The molecular weight excluding hydrogens is 588 g/mol. The fraction of sp³-hybridized carbons (Fsp3) is 0.200. The highest BCUT2D eigenvalue weighted by Gasteiger charge is 2.35. The van der Waals surface area contributed by atoms with E-state index in [1.165, 1.54) is 48.7 Å². The molecule has 0 spiro atoms. The Morgan fingerprint density at radius 1 is 0.911 bits per heavy atom. The summed E-state index contributed by atoms with van der Waals surface area (Å²) >= 11 is 0. The van der Waals surface area contributed by atoms with Gasteiger partial charge in [-0.15, -0.1) is 13.2 Å². The Labute approximate surface area is 261 Å². The van der Waals surface area contributed by atoms with Gasteiger partial charge in [-0.3, -0.25) is 14.7 Å². The van der Waals surface area contributed by atoms with Crippen LogP contribution in [-0.2, 0) is 6.54 Å². The molecule has 4 aromatic rings. The third-order valence-electron chi connectivity index (χ3n) is 6.07. The fourth-order valence-corrected chi connectivity index (χ4v) is 3.87. The predicted octanol–water partition coefficient (Wildman–Crippen LogP) is -0.104. The number of aliphatic hydroxyl groups is 2. The minimum Gasteiger partial charge on any atom is -0.465 e. The molecule has 45 heavy (non-hydrogen) atoms. The summed E-state index contributed by atoms with van der Waals surface area (Å²) in [5, 5.41) is 28.7. The van der Waals surface area contributed by atoms with Crippen molar-refractivity contribution in [2.24, 2.45) is 0 Å². The number of para-hydroxylation sites is 1. The van der Waals surface area contributed by atoms with Gasteiger partial charge in [0.1, 0.15) is 24.7 Å². The van der Waals surface area contributed by atoms with Crippen LogP contribution in [0.5, 0.6) is 11.6 Å². The number of hydrogen-bond acceptors (Lipinski definition) is 8. The van der Waals surface area contributed by atoms with Gasteiger partial charge in [-0.05, 0) is 29.8 Å². The standard InChI is InChI=1S/C25H16B6F3N5O6/c26-22(27,28)23(29,42)37-20(41)18-14-6-5-11(8-16(14)38-39-18)13-7-15(21(36-10-13)45-24(30,31)43)19(40)35-9-12-3-1-2-4-17(12)44-25(32,33)34/h1-8,10,42-43H,9H2,(H,35,40)(H,37,41)(H,38,39). The number of carbonyl (C=O) groups excluding carboxylic acids is 2. The molecule has 1 atom stereocenters. The maximum atomic E-state index is 13.2. The van der Waals surface area contributed by atoms with Gasteiger partial charge in [0.15, 0.2) is 21.4 Å². The van der Waals surface area contributed by atoms with E-state index < -0.39 is 52.7 Å². The average Bonchev–Trinajstić information content (AvgIpc) is 3.34. The summed E-state index contributed by atoms with van der Waals surface area (Å²) < 4.78 is 47.4. The van der Waals surface area contributed by atoms with E-state index in [9.17, 15) is 33.0 Å². The summed E-state index contributed by atoms with van der Waals surface area (Å²) in [6, 6.07) is 11.0. The van der Waals surface area contributed by atoms with Gasteiger partial charge in [0.05, 0.1) is 34.7 Å². The van der Waals surface area contributed by atoms with Gasteiger partial charge >= 0.3 is 6.36 Å². The lowest BCUT2D eigenvalue weighted by molar-refractivity contribution is -0.274. The Morgan fingerprint density at radius 3 is 2.24 bits per heavy atom. The van der Waals surface area contributed by atoms with Crippen LogP contribution in [0.1, 0.15) is 26.4 Å². The third-order valence-corrected chi connectivity index (χ3v) is 6.07. The van der Waals surface area contributed by atoms with Crippen molar-refractivity contribution in [3.05, 3.63) is 71.5 Å². The Hall–Kier alpha value is -4.30. The summed E-state index contributed by atoms with van der Waals surface area (Å²) in [7, 11) is 32.3. The van der Waals surface area contributed by atoms with Crippen molar-refractivity contribution in [1.29, 1.82) is 0 Å². The van der Waals surface area contributed by atoms with Crippen molar-refractivity contribution in [3.8, 4) is 22.8 Å². The Morgan fingerprint density at radius 2 is 1.60 bits per heavy atom. The summed E-state index contributed by atoms with van der Waals surface area (Å²) in [5.74, 6) is -2.89. The molecule has 0 bridgehead atoms. The molecule has 0 aliphatic rings. The van der Waals surface area contributed by atoms with Gasteiger partial charge < -0.3 is 30.3 Å². The lowest BCUT2D eigenvalue weighted by Crippen LogP contribution is -2.58.